The van der Waals surface area contributed by atoms with E-state index in [2.05, 4.69) is 53.8 Å². The Morgan fingerprint density at radius 1 is 0.983 bits per heavy atom. The van der Waals surface area contributed by atoms with E-state index in [1.165, 1.54) is 6.33 Å². The molecule has 0 aliphatic carbocycles. The van der Waals surface area contributed by atoms with Gasteiger partial charge in [-0.2, -0.15) is 10.4 Å². The minimum Gasteiger partial charge on any atom is -0.497 e. The molecular formula is C44H54N7O8P. The van der Waals surface area contributed by atoms with Gasteiger partial charge in [-0.25, -0.2) is 19.1 Å². The van der Waals surface area contributed by atoms with E-state index in [1.807, 2.05) is 85.8 Å². The van der Waals surface area contributed by atoms with Crippen molar-refractivity contribution in [3.05, 3.63) is 120 Å². The maximum atomic E-state index is 14.0. The highest BCUT2D eigenvalue weighted by Crippen LogP contribution is 2.53. The summed E-state index contributed by atoms with van der Waals surface area (Å²) >= 11 is 0. The summed E-state index contributed by atoms with van der Waals surface area (Å²) in [5.74, 6) is 1.40. The van der Waals surface area contributed by atoms with E-state index >= 15 is 0 Å². The molecule has 1 aromatic heterocycles. The largest absolute Gasteiger partial charge is 0.497 e. The highest BCUT2D eigenvalue weighted by atomic mass is 31.2. The lowest BCUT2D eigenvalue weighted by atomic mass is 9.79. The van der Waals surface area contributed by atoms with Gasteiger partial charge in [0.05, 0.1) is 46.5 Å². The van der Waals surface area contributed by atoms with Gasteiger partial charge < -0.3 is 38.0 Å². The Balaban J connectivity index is 1.33. The predicted octanol–water partition coefficient (Wildman–Crippen LogP) is 7.28. The molecule has 2 bridgehead atoms. The average molecular weight is 840 g/mol. The van der Waals surface area contributed by atoms with E-state index in [1.54, 1.807) is 36.3 Å². The van der Waals surface area contributed by atoms with E-state index in [-0.39, 0.29) is 44.4 Å². The summed E-state index contributed by atoms with van der Waals surface area (Å²) in [7, 11) is 1.58. The van der Waals surface area contributed by atoms with Crippen LogP contribution in [0, 0.1) is 11.3 Å². The number of aromatic nitrogens is 3. The summed E-state index contributed by atoms with van der Waals surface area (Å²) in [6, 6.07) is 27.7. The second kappa shape index (κ2) is 18.8. The quantitative estimate of drug-likeness (QED) is 0.0609. The number of carbonyl (C=O) groups is 1. The van der Waals surface area contributed by atoms with Crippen LogP contribution in [0.1, 0.15) is 70.3 Å². The van der Waals surface area contributed by atoms with Crippen LogP contribution in [0.3, 0.4) is 0 Å². The minimum absolute atomic E-state index is 0.0295. The number of hydrogen-bond acceptors (Lipinski definition) is 12. The van der Waals surface area contributed by atoms with Gasteiger partial charge in [0.25, 0.3) is 8.53 Å². The fourth-order valence-electron chi connectivity index (χ4n) is 8.18. The Kier molecular flexibility index (Phi) is 13.5. The van der Waals surface area contributed by atoms with Gasteiger partial charge in [0.1, 0.15) is 53.7 Å². The van der Waals surface area contributed by atoms with Crippen LogP contribution in [0.25, 0.3) is 0 Å². The summed E-state index contributed by atoms with van der Waals surface area (Å²) in [4.78, 5) is 19.6. The smallest absolute Gasteiger partial charge is 0.325 e. The standard InChI is InChI=1S/C44H54N7O8P/c1-30(2)51(31(3)4)60(57-23-11-22-45)59-39-24-38-41(49-25-32(5)40(48-42(49)52)50-29-46-28-47-50)58-43(39,26-55-38)27-56-44(33-12-9-8-10-13-33,34-14-18-36(53-6)19-15-34)35-16-20-37(54-7)21-17-35/h8-10,12-21,25,28-31,38-41H,11,23-24,26-27H2,1-7H3,(H,48,52)/t38-,39+,40?,41+,43-,60?/m1/s1. The Morgan fingerprint density at radius 2 is 1.62 bits per heavy atom. The molecule has 3 aromatic carbocycles. The third-order valence-electron chi connectivity index (χ3n) is 11.1. The van der Waals surface area contributed by atoms with Crippen molar-refractivity contribution in [2.75, 3.05) is 34.0 Å². The number of rotatable bonds is 18. The maximum absolute atomic E-state index is 14.0. The van der Waals surface area contributed by atoms with Crippen LogP contribution in [-0.2, 0) is 28.9 Å². The Hall–Kier alpha value is -4.91. The topological polar surface area (TPSA) is 155 Å². The predicted molar refractivity (Wildman–Crippen MR) is 223 cm³/mol. The van der Waals surface area contributed by atoms with Crippen molar-refractivity contribution in [1.29, 1.82) is 5.26 Å². The number of urea groups is 1. The van der Waals surface area contributed by atoms with Crippen LogP contribution >= 0.6 is 8.53 Å². The van der Waals surface area contributed by atoms with Crippen molar-refractivity contribution in [1.82, 2.24) is 29.7 Å². The first-order valence-corrected chi connectivity index (χ1v) is 21.3. The molecule has 15 nitrogen and oxygen atoms in total. The fraction of sp³-hybridized carbons (Fsp3) is 0.455. The molecule has 6 atom stereocenters. The SMILES string of the molecule is COc1ccc(C(OC[C@]23CO[C@H](C[C@@H]2OP(OCCC#N)N(C(C)C)C(C)C)[C@@H](N2C=C(C)C(n4cncn4)NC2=O)O3)(c2ccccc2)c2ccc(OC)cc2)cc1. The monoisotopic (exact) mass is 839 g/mol. The molecular weight excluding hydrogens is 785 g/mol. The van der Waals surface area contributed by atoms with Gasteiger partial charge in [-0.3, -0.25) is 4.90 Å². The zero-order chi connectivity index (χ0) is 42.4. The third-order valence-corrected chi connectivity index (χ3v) is 13.2. The first-order chi connectivity index (χ1) is 29.0. The van der Waals surface area contributed by atoms with E-state index in [9.17, 15) is 10.1 Å². The van der Waals surface area contributed by atoms with Crippen molar-refractivity contribution in [2.45, 2.75) is 95.3 Å². The number of benzene rings is 3. The highest BCUT2D eigenvalue weighted by Gasteiger charge is 2.60. The molecule has 4 aromatic rings. The van der Waals surface area contributed by atoms with Crippen molar-refractivity contribution in [3.63, 3.8) is 0 Å². The van der Waals surface area contributed by atoms with Gasteiger partial charge in [-0.15, -0.1) is 0 Å². The Bertz CT molecular complexity index is 2040. The van der Waals surface area contributed by atoms with Crippen LogP contribution in [0.15, 0.2) is 103 Å². The summed E-state index contributed by atoms with van der Waals surface area (Å²) in [6.45, 7) is 10.6. The fourth-order valence-corrected chi connectivity index (χ4v) is 9.98. The van der Waals surface area contributed by atoms with Crippen molar-refractivity contribution < 1.29 is 37.5 Å². The van der Waals surface area contributed by atoms with Gasteiger partial charge in [-0.1, -0.05) is 54.6 Å². The molecule has 8 rings (SSSR count). The lowest BCUT2D eigenvalue weighted by molar-refractivity contribution is -0.337. The maximum Gasteiger partial charge on any atom is 0.325 e. The number of fused-ring (bicyclic) bond motifs is 3. The van der Waals surface area contributed by atoms with E-state index < -0.39 is 44.3 Å². The summed E-state index contributed by atoms with van der Waals surface area (Å²) in [5, 5.41) is 16.7. The number of carbonyl (C=O) groups excluding carboxylic acids is 1. The van der Waals surface area contributed by atoms with E-state index in [4.69, 9.17) is 32.7 Å². The normalized spacial score (nSPS) is 23.4. The Morgan fingerprint density at radius 3 is 2.18 bits per heavy atom. The zero-order valence-corrected chi connectivity index (χ0v) is 36.0. The zero-order valence-electron chi connectivity index (χ0n) is 35.1. The van der Waals surface area contributed by atoms with E-state index in [0.29, 0.717) is 17.9 Å². The van der Waals surface area contributed by atoms with Crippen molar-refractivity contribution >= 4 is 14.6 Å². The summed E-state index contributed by atoms with van der Waals surface area (Å²) in [6.07, 6.45) is 2.84. The van der Waals surface area contributed by atoms with Crippen LogP contribution in [-0.4, -0.2) is 101 Å². The average Bonchev–Trinajstić information content (AvgIpc) is 3.81. The molecule has 1 N–H and O–H groups in total. The van der Waals surface area contributed by atoms with Gasteiger partial charge in [0.15, 0.2) is 6.23 Å². The molecule has 5 heterocycles. The second-order valence-corrected chi connectivity index (χ2v) is 17.0. The summed E-state index contributed by atoms with van der Waals surface area (Å²) < 4.78 is 49.9. The molecule has 0 radical (unpaired) electrons. The lowest BCUT2D eigenvalue weighted by Gasteiger charge is -2.57. The number of nitrogens with one attached hydrogen (secondary N) is 1. The number of nitriles is 1. The van der Waals surface area contributed by atoms with Crippen LogP contribution in [0.2, 0.25) is 0 Å². The second-order valence-electron chi connectivity index (χ2n) is 15.6. The molecule has 2 amide bonds. The van der Waals surface area contributed by atoms with Crippen LogP contribution in [0.5, 0.6) is 11.5 Å². The molecule has 3 fully saturated rings. The first-order valence-electron chi connectivity index (χ1n) is 20.2. The van der Waals surface area contributed by atoms with Crippen LogP contribution < -0.4 is 14.8 Å². The molecule has 2 unspecified atom stereocenters. The van der Waals surface area contributed by atoms with Gasteiger partial charge in [0, 0.05) is 24.7 Å². The molecule has 3 saturated heterocycles. The number of nitrogens with zero attached hydrogens (tertiary/aromatic N) is 6. The lowest BCUT2D eigenvalue weighted by Crippen LogP contribution is -2.71. The van der Waals surface area contributed by atoms with Crippen molar-refractivity contribution in [2.24, 2.45) is 0 Å². The molecule has 0 spiro atoms. The van der Waals surface area contributed by atoms with Gasteiger partial charge >= 0.3 is 6.03 Å². The molecule has 60 heavy (non-hydrogen) atoms. The Labute approximate surface area is 353 Å². The third kappa shape index (κ3) is 8.64. The molecule has 0 saturated carbocycles. The number of ether oxygens (including phenoxy) is 5. The van der Waals surface area contributed by atoms with Crippen molar-refractivity contribution in [3.8, 4) is 17.6 Å². The van der Waals surface area contributed by atoms with Gasteiger partial charge in [0.2, 0.25) is 0 Å². The highest BCUT2D eigenvalue weighted by molar-refractivity contribution is 7.44. The first kappa shape index (κ1) is 43.2. The summed E-state index contributed by atoms with van der Waals surface area (Å²) in [5.41, 5.74) is 0.933. The van der Waals surface area contributed by atoms with E-state index in [0.717, 1.165) is 22.3 Å². The van der Waals surface area contributed by atoms with Gasteiger partial charge in [-0.05, 0) is 81.1 Å². The number of methoxy groups -OCH3 is 2. The molecule has 4 aliphatic heterocycles. The molecule has 16 heteroatoms. The molecule has 318 valence electrons. The molecule has 4 aliphatic rings. The number of amides is 2. The van der Waals surface area contributed by atoms with Crippen LogP contribution in [0.4, 0.5) is 4.79 Å². The minimum atomic E-state index is -1.69. The number of hydrogen-bond donors (Lipinski definition) is 1.